The number of phenols is 1. The van der Waals surface area contributed by atoms with E-state index in [9.17, 15) is 22.7 Å². The fourth-order valence-corrected chi connectivity index (χ4v) is 1.78. The molecular weight excluding hydrogens is 292 g/mol. The lowest BCUT2D eigenvalue weighted by Crippen LogP contribution is -2.17. The molecule has 21 heavy (non-hydrogen) atoms. The molecule has 0 bridgehead atoms. The molecule has 0 aliphatic rings. The Morgan fingerprint density at radius 1 is 1.00 bits per heavy atom. The van der Waals surface area contributed by atoms with Crippen LogP contribution in [-0.2, 0) is 0 Å². The van der Waals surface area contributed by atoms with Gasteiger partial charge in [-0.05, 0) is 35.9 Å². The van der Waals surface area contributed by atoms with Gasteiger partial charge in [-0.25, -0.2) is 4.39 Å². The van der Waals surface area contributed by atoms with E-state index in [0.29, 0.717) is 5.75 Å². The molecule has 0 fully saturated rings. The average Bonchev–Trinajstić information content (AvgIpc) is 2.36. The Morgan fingerprint density at radius 2 is 1.71 bits per heavy atom. The van der Waals surface area contributed by atoms with Crippen LogP contribution in [0, 0.1) is 5.82 Å². The van der Waals surface area contributed by atoms with E-state index >= 15 is 0 Å². The summed E-state index contributed by atoms with van der Waals surface area (Å²) in [5, 5.41) is 9.47. The van der Waals surface area contributed by atoms with Gasteiger partial charge in [0, 0.05) is 11.6 Å². The summed E-state index contributed by atoms with van der Waals surface area (Å²) >= 11 is 0. The summed E-state index contributed by atoms with van der Waals surface area (Å²) in [5.74, 6) is -1.46. The van der Waals surface area contributed by atoms with Gasteiger partial charge in [0.15, 0.2) is 0 Å². The number of phenolic OH excluding ortho intramolecular Hbond substituents is 1. The molecule has 2 aromatic carbocycles. The summed E-state index contributed by atoms with van der Waals surface area (Å²) in [5.41, 5.74) is 0.0166. The lowest BCUT2D eigenvalue weighted by Gasteiger charge is -2.12. The van der Waals surface area contributed by atoms with Gasteiger partial charge < -0.3 is 14.6 Å². The summed E-state index contributed by atoms with van der Waals surface area (Å²) in [6.07, 6.45) is -4.90. The Kier molecular flexibility index (Phi) is 3.93. The van der Waals surface area contributed by atoms with Gasteiger partial charge in [0.05, 0.1) is 7.11 Å². The van der Waals surface area contributed by atoms with Crippen LogP contribution in [0.4, 0.5) is 17.6 Å². The summed E-state index contributed by atoms with van der Waals surface area (Å²) in [7, 11) is 1.37. The maximum Gasteiger partial charge on any atom is 0.573 e. The number of hydrogen-bond donors (Lipinski definition) is 1. The van der Waals surface area contributed by atoms with E-state index in [1.54, 1.807) is 0 Å². The average molecular weight is 302 g/mol. The first-order chi connectivity index (χ1) is 9.78. The highest BCUT2D eigenvalue weighted by Crippen LogP contribution is 2.34. The van der Waals surface area contributed by atoms with Gasteiger partial charge in [-0.2, -0.15) is 0 Å². The van der Waals surface area contributed by atoms with Crippen LogP contribution in [0.25, 0.3) is 11.1 Å². The van der Waals surface area contributed by atoms with Crippen LogP contribution in [0.2, 0.25) is 0 Å². The summed E-state index contributed by atoms with van der Waals surface area (Å²) in [6, 6.07) is 6.68. The molecule has 112 valence electrons. The zero-order valence-electron chi connectivity index (χ0n) is 10.7. The van der Waals surface area contributed by atoms with E-state index in [2.05, 4.69) is 4.74 Å². The minimum absolute atomic E-state index is 0.0164. The van der Waals surface area contributed by atoms with Gasteiger partial charge in [0.2, 0.25) is 0 Å². The number of hydrogen-bond acceptors (Lipinski definition) is 3. The molecule has 0 heterocycles. The smallest absolute Gasteiger partial charge is 0.508 e. The van der Waals surface area contributed by atoms with Crippen molar-refractivity contribution in [1.29, 1.82) is 0 Å². The van der Waals surface area contributed by atoms with Crippen LogP contribution >= 0.6 is 0 Å². The molecule has 0 amide bonds. The van der Waals surface area contributed by atoms with Crippen molar-refractivity contribution in [2.45, 2.75) is 6.36 Å². The Bertz CT molecular complexity index is 653. The van der Waals surface area contributed by atoms with Crippen molar-refractivity contribution in [1.82, 2.24) is 0 Å². The summed E-state index contributed by atoms with van der Waals surface area (Å²) < 4.78 is 59.1. The molecule has 3 nitrogen and oxygen atoms in total. The fourth-order valence-electron chi connectivity index (χ4n) is 1.78. The Labute approximate surface area is 117 Å². The number of aromatic hydroxyl groups is 1. The maximum atomic E-state index is 13.8. The van der Waals surface area contributed by atoms with E-state index in [0.717, 1.165) is 24.3 Å². The van der Waals surface area contributed by atoms with Crippen LogP contribution in [0.1, 0.15) is 0 Å². The number of benzene rings is 2. The van der Waals surface area contributed by atoms with Crippen LogP contribution in [0.15, 0.2) is 36.4 Å². The minimum Gasteiger partial charge on any atom is -0.508 e. The third-order valence-corrected chi connectivity index (χ3v) is 2.61. The van der Waals surface area contributed by atoms with E-state index in [4.69, 9.17) is 4.74 Å². The highest BCUT2D eigenvalue weighted by Gasteiger charge is 2.31. The van der Waals surface area contributed by atoms with Crippen molar-refractivity contribution < 1.29 is 32.1 Å². The normalized spacial score (nSPS) is 11.3. The van der Waals surface area contributed by atoms with Crippen molar-refractivity contribution in [2.75, 3.05) is 7.11 Å². The largest absolute Gasteiger partial charge is 0.573 e. The van der Waals surface area contributed by atoms with Gasteiger partial charge in [-0.15, -0.1) is 13.2 Å². The number of rotatable bonds is 3. The van der Waals surface area contributed by atoms with Crippen molar-refractivity contribution in [3.05, 3.63) is 42.2 Å². The first kappa shape index (κ1) is 15.0. The predicted molar refractivity (Wildman–Crippen MR) is 66.7 cm³/mol. The second-order valence-corrected chi connectivity index (χ2v) is 4.11. The minimum atomic E-state index is -4.90. The SMILES string of the molecule is COc1ccc(F)c(-c2cc(O)cc(OC(F)(F)F)c2)c1. The van der Waals surface area contributed by atoms with Crippen LogP contribution in [0.5, 0.6) is 17.2 Å². The molecule has 0 radical (unpaired) electrons. The third-order valence-electron chi connectivity index (χ3n) is 2.61. The summed E-state index contributed by atoms with van der Waals surface area (Å²) in [6.45, 7) is 0. The fraction of sp³-hybridized carbons (Fsp3) is 0.143. The molecular formula is C14H10F4O3. The topological polar surface area (TPSA) is 38.7 Å². The zero-order chi connectivity index (χ0) is 15.6. The molecule has 0 unspecified atom stereocenters. The second kappa shape index (κ2) is 5.51. The van der Waals surface area contributed by atoms with Crippen LogP contribution in [0.3, 0.4) is 0 Å². The van der Waals surface area contributed by atoms with Gasteiger partial charge >= 0.3 is 6.36 Å². The molecule has 0 aliphatic carbocycles. The Hall–Kier alpha value is -2.44. The lowest BCUT2D eigenvalue weighted by atomic mass is 10.0. The first-order valence-electron chi connectivity index (χ1n) is 5.72. The Balaban J connectivity index is 2.49. The number of alkyl halides is 3. The molecule has 0 aliphatic heterocycles. The maximum absolute atomic E-state index is 13.8. The van der Waals surface area contributed by atoms with Crippen LogP contribution in [-0.4, -0.2) is 18.6 Å². The van der Waals surface area contributed by atoms with Crippen molar-refractivity contribution in [3.63, 3.8) is 0 Å². The quantitative estimate of drug-likeness (QED) is 0.867. The van der Waals surface area contributed by atoms with Crippen molar-refractivity contribution in [3.8, 4) is 28.4 Å². The van der Waals surface area contributed by atoms with Crippen LogP contribution < -0.4 is 9.47 Å². The highest BCUT2D eigenvalue weighted by molar-refractivity contribution is 5.69. The highest BCUT2D eigenvalue weighted by atomic mass is 19.4. The van der Waals surface area contributed by atoms with Gasteiger partial charge in [0.25, 0.3) is 0 Å². The third kappa shape index (κ3) is 3.77. The predicted octanol–water partition coefficient (Wildman–Crippen LogP) is 4.11. The number of halogens is 4. The summed E-state index contributed by atoms with van der Waals surface area (Å²) in [4.78, 5) is 0. The molecule has 2 aromatic rings. The molecule has 0 saturated heterocycles. The van der Waals surface area contributed by atoms with Gasteiger partial charge in [0.1, 0.15) is 23.1 Å². The van der Waals surface area contributed by atoms with Crippen molar-refractivity contribution in [2.24, 2.45) is 0 Å². The van der Waals surface area contributed by atoms with Gasteiger partial charge in [-0.3, -0.25) is 0 Å². The lowest BCUT2D eigenvalue weighted by molar-refractivity contribution is -0.274. The van der Waals surface area contributed by atoms with Gasteiger partial charge in [-0.1, -0.05) is 0 Å². The number of ether oxygens (including phenoxy) is 2. The molecule has 0 spiro atoms. The van der Waals surface area contributed by atoms with E-state index in [-0.39, 0.29) is 11.1 Å². The monoisotopic (exact) mass is 302 g/mol. The van der Waals surface area contributed by atoms with Crippen molar-refractivity contribution >= 4 is 0 Å². The molecule has 7 heteroatoms. The first-order valence-corrected chi connectivity index (χ1v) is 5.72. The zero-order valence-corrected chi connectivity index (χ0v) is 10.7. The molecule has 1 N–H and O–H groups in total. The standard InChI is InChI=1S/C14H10F4O3/c1-20-10-2-3-13(15)12(7-10)8-4-9(19)6-11(5-8)21-14(16,17)18/h2-7,19H,1H3. The Morgan fingerprint density at radius 3 is 2.33 bits per heavy atom. The van der Waals surface area contributed by atoms with E-state index in [1.807, 2.05) is 0 Å². The number of methoxy groups -OCH3 is 1. The van der Waals surface area contributed by atoms with E-state index in [1.165, 1.54) is 19.2 Å². The van der Waals surface area contributed by atoms with E-state index < -0.39 is 23.7 Å². The molecule has 0 saturated carbocycles. The second-order valence-electron chi connectivity index (χ2n) is 4.11. The molecule has 0 atom stereocenters. The molecule has 2 rings (SSSR count). The molecule has 0 aromatic heterocycles.